The van der Waals surface area contributed by atoms with Crippen LogP contribution in [0.25, 0.3) is 0 Å². The molecule has 0 spiro atoms. The highest BCUT2D eigenvalue weighted by molar-refractivity contribution is 5.96. The smallest absolute Gasteiger partial charge is 0.257 e. The third-order valence-electron chi connectivity index (χ3n) is 5.47. The van der Waals surface area contributed by atoms with E-state index in [4.69, 9.17) is 14.2 Å². The molecule has 2 N–H and O–H groups in total. The second kappa shape index (κ2) is 10.6. The van der Waals surface area contributed by atoms with Crippen molar-refractivity contribution < 1.29 is 19.0 Å². The van der Waals surface area contributed by atoms with Crippen LogP contribution in [0.4, 0.5) is 5.95 Å². The largest absolute Gasteiger partial charge is 0.481 e. The summed E-state index contributed by atoms with van der Waals surface area (Å²) in [7, 11) is 3.11. The maximum absolute atomic E-state index is 12.9. The Kier molecular flexibility index (Phi) is 7.19. The highest BCUT2D eigenvalue weighted by atomic mass is 16.5. The van der Waals surface area contributed by atoms with Crippen molar-refractivity contribution >= 4 is 11.9 Å². The lowest BCUT2D eigenvalue weighted by molar-refractivity contribution is 0.0923. The summed E-state index contributed by atoms with van der Waals surface area (Å²) < 4.78 is 16.2. The molecule has 1 aliphatic carbocycles. The van der Waals surface area contributed by atoms with Gasteiger partial charge in [0.2, 0.25) is 23.6 Å². The Balaban J connectivity index is 1.33. The molecule has 0 unspecified atom stereocenters. The molecule has 0 atom stereocenters. The molecule has 3 aromatic rings. The van der Waals surface area contributed by atoms with Crippen molar-refractivity contribution in [1.82, 2.24) is 20.3 Å². The second-order valence-corrected chi connectivity index (χ2v) is 7.71. The summed E-state index contributed by atoms with van der Waals surface area (Å²) in [6.07, 6.45) is 5.02. The number of nitrogens with one attached hydrogen (secondary N) is 2. The lowest BCUT2D eigenvalue weighted by Crippen LogP contribution is -2.40. The molecular formula is C24H27N5O4. The van der Waals surface area contributed by atoms with E-state index < -0.39 is 0 Å². The van der Waals surface area contributed by atoms with Crippen molar-refractivity contribution in [2.45, 2.75) is 37.8 Å². The second-order valence-electron chi connectivity index (χ2n) is 7.71. The summed E-state index contributed by atoms with van der Waals surface area (Å²) in [6.45, 7) is 0. The number of benzene rings is 1. The van der Waals surface area contributed by atoms with Crippen molar-refractivity contribution in [2.24, 2.45) is 0 Å². The van der Waals surface area contributed by atoms with E-state index in [1.54, 1.807) is 38.6 Å². The maximum Gasteiger partial charge on any atom is 0.257 e. The van der Waals surface area contributed by atoms with Gasteiger partial charge < -0.3 is 24.8 Å². The Morgan fingerprint density at radius 1 is 0.909 bits per heavy atom. The molecular weight excluding hydrogens is 422 g/mol. The quantitative estimate of drug-likeness (QED) is 0.534. The zero-order chi connectivity index (χ0) is 23.0. The minimum atomic E-state index is -0.189. The molecule has 0 aliphatic heterocycles. The first-order chi connectivity index (χ1) is 16.1. The number of methoxy groups -OCH3 is 2. The molecule has 1 aromatic carbocycles. The van der Waals surface area contributed by atoms with Gasteiger partial charge in [-0.05, 0) is 49.9 Å². The fourth-order valence-corrected chi connectivity index (χ4v) is 3.75. The summed E-state index contributed by atoms with van der Waals surface area (Å²) in [5, 5.41) is 6.47. The standard InChI is InChI=1S/C24H27N5O4/c1-31-20-15-21(32-2)29-24(28-20)27-17-12-10-16(11-13-17)26-22(30)19-9-6-14-25-23(19)33-18-7-4-3-5-8-18/h3-9,14-17H,10-13H2,1-2H3,(H,26,30)(H,27,28,29). The Morgan fingerprint density at radius 3 is 2.24 bits per heavy atom. The number of amides is 1. The Hall–Kier alpha value is -3.88. The van der Waals surface area contributed by atoms with E-state index in [-0.39, 0.29) is 18.0 Å². The number of rotatable bonds is 8. The molecule has 0 bridgehead atoms. The molecule has 1 amide bonds. The molecule has 4 rings (SSSR count). The molecule has 1 aliphatic rings. The van der Waals surface area contributed by atoms with Gasteiger partial charge in [0.1, 0.15) is 11.3 Å². The van der Waals surface area contributed by atoms with E-state index in [0.717, 1.165) is 25.7 Å². The van der Waals surface area contributed by atoms with Gasteiger partial charge in [-0.1, -0.05) is 18.2 Å². The van der Waals surface area contributed by atoms with E-state index in [2.05, 4.69) is 25.6 Å². The van der Waals surface area contributed by atoms with Crippen LogP contribution in [-0.4, -0.2) is 47.2 Å². The van der Waals surface area contributed by atoms with Crippen molar-refractivity contribution in [2.75, 3.05) is 19.5 Å². The number of pyridine rings is 1. The molecule has 9 heteroatoms. The van der Waals surface area contributed by atoms with Gasteiger partial charge in [0, 0.05) is 18.3 Å². The molecule has 33 heavy (non-hydrogen) atoms. The van der Waals surface area contributed by atoms with Gasteiger partial charge in [0.15, 0.2) is 0 Å². The van der Waals surface area contributed by atoms with Crippen molar-refractivity contribution in [1.29, 1.82) is 0 Å². The Bertz CT molecular complexity index is 1050. The summed E-state index contributed by atoms with van der Waals surface area (Å²) >= 11 is 0. The summed E-state index contributed by atoms with van der Waals surface area (Å²) in [6, 6.07) is 14.7. The summed E-state index contributed by atoms with van der Waals surface area (Å²) in [5.41, 5.74) is 0.415. The van der Waals surface area contributed by atoms with E-state index >= 15 is 0 Å². The van der Waals surface area contributed by atoms with E-state index in [1.165, 1.54) is 0 Å². The predicted molar refractivity (Wildman–Crippen MR) is 123 cm³/mol. The van der Waals surface area contributed by atoms with Crippen LogP contribution in [0.5, 0.6) is 23.4 Å². The fraction of sp³-hybridized carbons (Fsp3) is 0.333. The lowest BCUT2D eigenvalue weighted by Gasteiger charge is -2.29. The number of carbonyl (C=O) groups excluding carboxylic acids is 1. The summed E-state index contributed by atoms with van der Waals surface area (Å²) in [5.74, 6) is 2.09. The fourth-order valence-electron chi connectivity index (χ4n) is 3.75. The number of aromatic nitrogens is 3. The topological polar surface area (TPSA) is 107 Å². The lowest BCUT2D eigenvalue weighted by atomic mass is 9.91. The molecule has 0 radical (unpaired) electrons. The summed E-state index contributed by atoms with van der Waals surface area (Å²) in [4.78, 5) is 25.9. The Morgan fingerprint density at radius 2 is 1.58 bits per heavy atom. The van der Waals surface area contributed by atoms with E-state index in [9.17, 15) is 4.79 Å². The number of hydrogen-bond acceptors (Lipinski definition) is 8. The SMILES string of the molecule is COc1cc(OC)nc(NC2CCC(NC(=O)c3cccnc3Oc3ccccc3)CC2)n1. The molecule has 0 saturated heterocycles. The highest BCUT2D eigenvalue weighted by Crippen LogP contribution is 2.26. The van der Waals surface area contributed by atoms with Gasteiger partial charge >= 0.3 is 0 Å². The van der Waals surface area contributed by atoms with Gasteiger partial charge in [-0.15, -0.1) is 0 Å². The van der Waals surface area contributed by atoms with E-state index in [0.29, 0.717) is 34.9 Å². The van der Waals surface area contributed by atoms with Crippen LogP contribution in [0.15, 0.2) is 54.7 Å². The number of nitrogens with zero attached hydrogens (tertiary/aromatic N) is 3. The molecule has 9 nitrogen and oxygen atoms in total. The first-order valence-corrected chi connectivity index (χ1v) is 10.9. The van der Waals surface area contributed by atoms with Crippen LogP contribution >= 0.6 is 0 Å². The van der Waals surface area contributed by atoms with Gasteiger partial charge in [0.25, 0.3) is 5.91 Å². The number of hydrogen-bond donors (Lipinski definition) is 2. The Labute approximate surface area is 192 Å². The van der Waals surface area contributed by atoms with Gasteiger partial charge in [-0.2, -0.15) is 9.97 Å². The number of anilines is 1. The zero-order valence-corrected chi connectivity index (χ0v) is 18.7. The number of para-hydroxylation sites is 1. The van der Waals surface area contributed by atoms with Gasteiger partial charge in [-0.25, -0.2) is 4.98 Å². The maximum atomic E-state index is 12.9. The third kappa shape index (κ3) is 5.88. The van der Waals surface area contributed by atoms with Gasteiger partial charge in [-0.3, -0.25) is 4.79 Å². The molecule has 1 fully saturated rings. The molecule has 2 heterocycles. The van der Waals surface area contributed by atoms with Crippen LogP contribution < -0.4 is 24.8 Å². The zero-order valence-electron chi connectivity index (χ0n) is 18.7. The van der Waals surface area contributed by atoms with Crippen molar-refractivity contribution in [3.05, 3.63) is 60.3 Å². The average molecular weight is 450 g/mol. The third-order valence-corrected chi connectivity index (χ3v) is 5.47. The van der Waals surface area contributed by atoms with Crippen LogP contribution in [0, 0.1) is 0 Å². The first-order valence-electron chi connectivity index (χ1n) is 10.9. The van der Waals surface area contributed by atoms with Gasteiger partial charge in [0.05, 0.1) is 20.3 Å². The van der Waals surface area contributed by atoms with Crippen LogP contribution in [0.1, 0.15) is 36.0 Å². The molecule has 172 valence electrons. The monoisotopic (exact) mass is 449 g/mol. The average Bonchev–Trinajstić information content (AvgIpc) is 2.86. The normalized spacial score (nSPS) is 17.6. The number of carbonyl (C=O) groups is 1. The number of ether oxygens (including phenoxy) is 3. The van der Waals surface area contributed by atoms with Crippen molar-refractivity contribution in [3.63, 3.8) is 0 Å². The van der Waals surface area contributed by atoms with Crippen molar-refractivity contribution in [3.8, 4) is 23.4 Å². The minimum Gasteiger partial charge on any atom is -0.481 e. The first kappa shape index (κ1) is 22.3. The van der Waals surface area contributed by atoms with Crippen LogP contribution in [-0.2, 0) is 0 Å². The predicted octanol–water partition coefficient (Wildman–Crippen LogP) is 3.83. The minimum absolute atomic E-state index is 0.0705. The molecule has 2 aromatic heterocycles. The highest BCUT2D eigenvalue weighted by Gasteiger charge is 2.25. The molecule has 1 saturated carbocycles. The van der Waals surface area contributed by atoms with Crippen LogP contribution in [0.3, 0.4) is 0 Å². The van der Waals surface area contributed by atoms with E-state index in [1.807, 2.05) is 30.3 Å². The van der Waals surface area contributed by atoms with Crippen LogP contribution in [0.2, 0.25) is 0 Å².